The minimum Gasteiger partial charge on any atom is -0.355 e. The fourth-order valence-corrected chi connectivity index (χ4v) is 5.44. The van der Waals surface area contributed by atoms with E-state index >= 15 is 0 Å². The van der Waals surface area contributed by atoms with Gasteiger partial charge in [-0.1, -0.05) is 99.0 Å². The molecule has 3 aromatic carbocycles. The van der Waals surface area contributed by atoms with Crippen LogP contribution in [0.5, 0.6) is 0 Å². The highest BCUT2D eigenvalue weighted by Crippen LogP contribution is 2.39. The van der Waals surface area contributed by atoms with Crippen LogP contribution in [0.3, 0.4) is 0 Å². The van der Waals surface area contributed by atoms with Gasteiger partial charge in [-0.05, 0) is 84.4 Å². The first-order chi connectivity index (χ1) is 20.3. The van der Waals surface area contributed by atoms with Crippen molar-refractivity contribution in [1.82, 2.24) is 0 Å². The Labute approximate surface area is 255 Å². The second-order valence-electron chi connectivity index (χ2n) is 10.2. The Balaban J connectivity index is 1.70. The number of halogens is 1. The van der Waals surface area contributed by atoms with Gasteiger partial charge in [0.2, 0.25) is 0 Å². The molecule has 3 nitrogen and oxygen atoms in total. The molecule has 4 rings (SSSR count). The number of benzene rings is 3. The van der Waals surface area contributed by atoms with E-state index in [1.54, 1.807) is 6.08 Å². The van der Waals surface area contributed by atoms with E-state index in [1.165, 1.54) is 0 Å². The summed E-state index contributed by atoms with van der Waals surface area (Å²) >= 11 is 7.06. The lowest BCUT2D eigenvalue weighted by atomic mass is 9.91. The van der Waals surface area contributed by atoms with Gasteiger partial charge in [-0.15, -0.1) is 0 Å². The van der Waals surface area contributed by atoms with E-state index in [9.17, 15) is 5.26 Å². The van der Waals surface area contributed by atoms with Crippen LogP contribution in [0.2, 0.25) is 5.02 Å². The molecule has 210 valence electrons. The second-order valence-corrected chi connectivity index (χ2v) is 10.6. The van der Waals surface area contributed by atoms with Crippen LogP contribution in [0.4, 0.5) is 11.4 Å². The highest BCUT2D eigenvalue weighted by atomic mass is 35.5. The normalized spacial score (nSPS) is 13.2. The zero-order chi connectivity index (χ0) is 30.4. The number of anilines is 1. The van der Waals surface area contributed by atoms with Crippen LogP contribution in [0, 0.1) is 18.3 Å². The average Bonchev–Trinajstić information content (AvgIpc) is 3.43. The van der Waals surface area contributed by atoms with E-state index in [4.69, 9.17) is 16.6 Å². The lowest BCUT2D eigenvalue weighted by molar-refractivity contribution is 1.14. The van der Waals surface area contributed by atoms with Crippen LogP contribution in [0.1, 0.15) is 55.0 Å². The summed E-state index contributed by atoms with van der Waals surface area (Å²) in [5.41, 5.74) is 13.2. The zero-order valence-electron chi connectivity index (χ0n) is 24.8. The Hall–Kier alpha value is -4.65. The molecule has 3 aromatic rings. The number of nitrogens with zero attached hydrogens (tertiary/aromatic N) is 2. The van der Waals surface area contributed by atoms with Gasteiger partial charge in [0.25, 0.3) is 0 Å². The SMILES string of the molecule is C=C\C(=C/C(/C=C\C)=C(\C)C(=C)Nc1cccc(-c2cccc(C3=Nc4cc(C=C)cc(C#N)c4C3)c2C)c1Cl)CC. The van der Waals surface area contributed by atoms with E-state index < -0.39 is 0 Å². The van der Waals surface area contributed by atoms with Gasteiger partial charge in [0.05, 0.1) is 33.7 Å². The Kier molecular flexibility index (Phi) is 9.63. The first-order valence-corrected chi connectivity index (χ1v) is 14.4. The predicted molar refractivity (Wildman–Crippen MR) is 182 cm³/mol. The average molecular weight is 570 g/mol. The molecule has 0 bridgehead atoms. The molecule has 1 aliphatic rings. The minimum atomic E-state index is 0.606. The van der Waals surface area contributed by atoms with Crippen molar-refractivity contribution < 1.29 is 0 Å². The molecular weight excluding hydrogens is 534 g/mol. The molecule has 0 atom stereocenters. The van der Waals surface area contributed by atoms with Crippen molar-refractivity contribution in [2.24, 2.45) is 4.99 Å². The third-order valence-corrected chi connectivity index (χ3v) is 8.07. The van der Waals surface area contributed by atoms with E-state index in [-0.39, 0.29) is 0 Å². The van der Waals surface area contributed by atoms with Gasteiger partial charge in [-0.2, -0.15) is 5.26 Å². The third-order valence-electron chi connectivity index (χ3n) is 7.67. The number of hydrogen-bond donors (Lipinski definition) is 1. The molecule has 42 heavy (non-hydrogen) atoms. The standard InChI is InChI=1S/C38H36ClN3/c1-8-14-29(19-27(9-2)10-3)24(5)26(7)41-35-18-13-17-33(38(35)39)31-15-12-16-32(25(31)6)37-22-34-30(23-40)20-28(11-4)21-36(34)42-37/h8-9,11-21,41H,2,4,7,10,22H2,1,3,5-6H3/b14-8-,27-19+,29-24+. The summed E-state index contributed by atoms with van der Waals surface area (Å²) in [4.78, 5) is 4.94. The lowest BCUT2D eigenvalue weighted by Crippen LogP contribution is -2.05. The van der Waals surface area contributed by atoms with Crippen LogP contribution >= 0.6 is 11.6 Å². The molecule has 0 aliphatic carbocycles. The Bertz CT molecular complexity index is 1760. The molecule has 0 amide bonds. The third kappa shape index (κ3) is 6.15. The topological polar surface area (TPSA) is 48.2 Å². The number of nitriles is 1. The second kappa shape index (κ2) is 13.3. The smallest absolute Gasteiger partial charge is 0.0995 e. The van der Waals surface area contributed by atoms with Crippen molar-refractivity contribution in [3.63, 3.8) is 0 Å². The van der Waals surface area contributed by atoms with Crippen molar-refractivity contribution in [2.75, 3.05) is 5.32 Å². The van der Waals surface area contributed by atoms with Crippen molar-refractivity contribution in [1.29, 1.82) is 5.26 Å². The largest absolute Gasteiger partial charge is 0.355 e. The van der Waals surface area contributed by atoms with Gasteiger partial charge in [0, 0.05) is 23.2 Å². The maximum atomic E-state index is 9.72. The van der Waals surface area contributed by atoms with Gasteiger partial charge in [0.15, 0.2) is 0 Å². The van der Waals surface area contributed by atoms with E-state index in [0.29, 0.717) is 17.0 Å². The van der Waals surface area contributed by atoms with E-state index in [1.807, 2.05) is 55.5 Å². The Morgan fingerprint density at radius 3 is 2.50 bits per heavy atom. The molecule has 0 fully saturated rings. The van der Waals surface area contributed by atoms with E-state index in [0.717, 1.165) is 79.3 Å². The summed E-state index contributed by atoms with van der Waals surface area (Å²) in [6.45, 7) is 20.4. The fraction of sp³-hybridized carbons (Fsp3) is 0.158. The summed E-state index contributed by atoms with van der Waals surface area (Å²) < 4.78 is 0. The summed E-state index contributed by atoms with van der Waals surface area (Å²) in [6, 6.07) is 18.4. The molecule has 0 unspecified atom stereocenters. The summed E-state index contributed by atoms with van der Waals surface area (Å²) in [5.74, 6) is 0. The molecule has 0 saturated heterocycles. The highest BCUT2D eigenvalue weighted by molar-refractivity contribution is 6.36. The molecular formula is C38H36ClN3. The van der Waals surface area contributed by atoms with Gasteiger partial charge in [-0.25, -0.2) is 0 Å². The van der Waals surface area contributed by atoms with Gasteiger partial charge < -0.3 is 5.32 Å². The van der Waals surface area contributed by atoms with Crippen LogP contribution in [0.15, 0.2) is 120 Å². The Morgan fingerprint density at radius 1 is 1.12 bits per heavy atom. The summed E-state index contributed by atoms with van der Waals surface area (Å²) in [7, 11) is 0. The fourth-order valence-electron chi connectivity index (χ4n) is 5.16. The monoisotopic (exact) mass is 569 g/mol. The first kappa shape index (κ1) is 30.3. The number of aliphatic imine (C=N–C) groups is 1. The molecule has 4 heteroatoms. The number of rotatable bonds is 10. The van der Waals surface area contributed by atoms with Gasteiger partial charge in [-0.3, -0.25) is 4.99 Å². The maximum absolute atomic E-state index is 9.72. The maximum Gasteiger partial charge on any atom is 0.0995 e. The van der Waals surface area contributed by atoms with Crippen molar-refractivity contribution in [3.8, 4) is 17.2 Å². The van der Waals surface area contributed by atoms with Crippen LogP contribution in [0.25, 0.3) is 17.2 Å². The van der Waals surface area contributed by atoms with Gasteiger partial charge in [0.1, 0.15) is 0 Å². The van der Waals surface area contributed by atoms with Crippen molar-refractivity contribution in [2.45, 2.75) is 40.5 Å². The molecule has 1 N–H and O–H groups in total. The molecule has 0 spiro atoms. The summed E-state index contributed by atoms with van der Waals surface area (Å²) in [6.07, 6.45) is 11.4. The Morgan fingerprint density at radius 2 is 1.83 bits per heavy atom. The van der Waals surface area contributed by atoms with Crippen LogP contribution < -0.4 is 5.32 Å². The molecule has 1 heterocycles. The lowest BCUT2D eigenvalue weighted by Gasteiger charge is -2.18. The molecule has 1 aliphatic heterocycles. The predicted octanol–water partition coefficient (Wildman–Crippen LogP) is 10.8. The highest BCUT2D eigenvalue weighted by Gasteiger charge is 2.23. The zero-order valence-corrected chi connectivity index (χ0v) is 25.6. The summed E-state index contributed by atoms with van der Waals surface area (Å²) in [5, 5.41) is 13.8. The van der Waals surface area contributed by atoms with Gasteiger partial charge >= 0.3 is 0 Å². The van der Waals surface area contributed by atoms with E-state index in [2.05, 4.69) is 76.2 Å². The molecule has 0 radical (unpaired) electrons. The number of hydrogen-bond acceptors (Lipinski definition) is 3. The molecule has 0 aromatic heterocycles. The quantitative estimate of drug-likeness (QED) is 0.247. The number of nitrogens with one attached hydrogen (secondary N) is 1. The van der Waals surface area contributed by atoms with Crippen LogP contribution in [-0.2, 0) is 6.42 Å². The van der Waals surface area contributed by atoms with Crippen LogP contribution in [-0.4, -0.2) is 5.71 Å². The van der Waals surface area contributed by atoms with Crippen molar-refractivity contribution in [3.05, 3.63) is 148 Å². The molecule has 0 saturated carbocycles. The van der Waals surface area contributed by atoms with Crippen molar-refractivity contribution >= 4 is 34.8 Å². The number of fused-ring (bicyclic) bond motifs is 1. The minimum absolute atomic E-state index is 0.606. The number of allylic oxidation sites excluding steroid dienone is 7. The first-order valence-electron chi connectivity index (χ1n) is 14.0.